The van der Waals surface area contributed by atoms with E-state index < -0.39 is 5.97 Å². The number of hydrogen-bond donors (Lipinski definition) is 1. The minimum Gasteiger partial charge on any atom is -0.493 e. The lowest BCUT2D eigenvalue weighted by atomic mass is 10.2. The van der Waals surface area contributed by atoms with Crippen LogP contribution in [0.15, 0.2) is 24.3 Å². The summed E-state index contributed by atoms with van der Waals surface area (Å²) in [6.07, 6.45) is 3.60. The van der Waals surface area contributed by atoms with E-state index in [1.54, 1.807) is 25.3 Å². The number of hydrogen-bond acceptors (Lipinski definition) is 4. The van der Waals surface area contributed by atoms with Gasteiger partial charge in [-0.25, -0.2) is 4.79 Å². The third-order valence-electron chi connectivity index (χ3n) is 2.50. The molecular weight excluding hydrogens is 276 g/mol. The molecule has 0 spiro atoms. The summed E-state index contributed by atoms with van der Waals surface area (Å²) in [5.41, 5.74) is 0.770. The Labute approximate surface area is 123 Å². The van der Waals surface area contributed by atoms with Crippen LogP contribution in [-0.2, 0) is 4.79 Å². The zero-order valence-corrected chi connectivity index (χ0v) is 12.6. The Morgan fingerprint density at radius 1 is 1.40 bits per heavy atom. The van der Waals surface area contributed by atoms with E-state index in [0.29, 0.717) is 18.1 Å². The topological polar surface area (TPSA) is 55.8 Å². The van der Waals surface area contributed by atoms with Crippen LogP contribution in [0.4, 0.5) is 0 Å². The molecule has 0 atom stereocenters. The summed E-state index contributed by atoms with van der Waals surface area (Å²) < 4.78 is 10.9. The lowest BCUT2D eigenvalue weighted by Crippen LogP contribution is -2.01. The molecule has 110 valence electrons. The van der Waals surface area contributed by atoms with E-state index in [1.165, 1.54) is 6.08 Å². The number of carbonyl (C=O) groups is 1. The Bertz CT molecular complexity index is 457. The maximum absolute atomic E-state index is 10.5. The molecule has 1 aromatic rings. The van der Waals surface area contributed by atoms with Gasteiger partial charge >= 0.3 is 5.97 Å². The highest BCUT2D eigenvalue weighted by atomic mass is 32.2. The zero-order chi connectivity index (χ0) is 14.8. The predicted molar refractivity (Wildman–Crippen MR) is 82.8 cm³/mol. The summed E-state index contributed by atoms with van der Waals surface area (Å²) in [4.78, 5) is 10.5. The number of ether oxygens (including phenoxy) is 2. The summed E-state index contributed by atoms with van der Waals surface area (Å²) in [5, 5.41) is 8.62. The van der Waals surface area contributed by atoms with Crippen molar-refractivity contribution in [2.45, 2.75) is 13.3 Å². The summed E-state index contributed by atoms with van der Waals surface area (Å²) >= 11 is 1.88. The summed E-state index contributed by atoms with van der Waals surface area (Å²) in [6.45, 7) is 2.75. The Hall–Kier alpha value is -1.62. The SMILES string of the molecule is CCSCCCOc1cc(/C=C/C(=O)O)ccc1OC. The highest BCUT2D eigenvalue weighted by Crippen LogP contribution is 2.28. The number of benzene rings is 1. The number of methoxy groups -OCH3 is 1. The van der Waals surface area contributed by atoms with Crippen LogP contribution in [0, 0.1) is 0 Å². The molecule has 0 saturated heterocycles. The fraction of sp³-hybridized carbons (Fsp3) is 0.400. The van der Waals surface area contributed by atoms with Gasteiger partial charge in [0.1, 0.15) is 0 Å². The van der Waals surface area contributed by atoms with Crippen molar-refractivity contribution < 1.29 is 19.4 Å². The van der Waals surface area contributed by atoms with Crippen molar-refractivity contribution in [1.29, 1.82) is 0 Å². The van der Waals surface area contributed by atoms with Crippen LogP contribution in [0.5, 0.6) is 11.5 Å². The van der Waals surface area contributed by atoms with E-state index in [4.69, 9.17) is 14.6 Å². The van der Waals surface area contributed by atoms with Gasteiger partial charge in [0.25, 0.3) is 0 Å². The van der Waals surface area contributed by atoms with Gasteiger partial charge in [-0.2, -0.15) is 11.8 Å². The van der Waals surface area contributed by atoms with Gasteiger partial charge in [0, 0.05) is 6.08 Å². The van der Waals surface area contributed by atoms with Crippen LogP contribution in [-0.4, -0.2) is 36.3 Å². The predicted octanol–water partition coefficient (Wildman–Crippen LogP) is 3.32. The van der Waals surface area contributed by atoms with E-state index in [1.807, 2.05) is 11.8 Å². The Morgan fingerprint density at radius 3 is 2.85 bits per heavy atom. The van der Waals surface area contributed by atoms with Crippen LogP contribution in [0.1, 0.15) is 18.9 Å². The number of carboxylic acids is 1. The van der Waals surface area contributed by atoms with Crippen LogP contribution in [0.3, 0.4) is 0 Å². The van der Waals surface area contributed by atoms with Crippen LogP contribution >= 0.6 is 11.8 Å². The molecule has 0 aromatic heterocycles. The average molecular weight is 296 g/mol. The van der Waals surface area contributed by atoms with E-state index >= 15 is 0 Å². The molecule has 0 aliphatic carbocycles. The summed E-state index contributed by atoms with van der Waals surface area (Å²) in [5.74, 6) is 2.50. The minimum absolute atomic E-state index is 0.620. The van der Waals surface area contributed by atoms with Crippen LogP contribution in [0.2, 0.25) is 0 Å². The molecular formula is C15H20O4S. The molecule has 0 bridgehead atoms. The number of thioether (sulfide) groups is 1. The van der Waals surface area contributed by atoms with Gasteiger partial charge in [0.15, 0.2) is 11.5 Å². The fourth-order valence-electron chi connectivity index (χ4n) is 1.56. The molecule has 20 heavy (non-hydrogen) atoms. The van der Waals surface area contributed by atoms with Gasteiger partial charge < -0.3 is 14.6 Å². The largest absolute Gasteiger partial charge is 0.493 e. The maximum Gasteiger partial charge on any atom is 0.328 e. The van der Waals surface area contributed by atoms with Gasteiger partial charge in [0.05, 0.1) is 13.7 Å². The van der Waals surface area contributed by atoms with Gasteiger partial charge in [0.2, 0.25) is 0 Å². The molecule has 1 N–H and O–H groups in total. The summed E-state index contributed by atoms with van der Waals surface area (Å²) in [7, 11) is 1.59. The van der Waals surface area contributed by atoms with Crippen LogP contribution in [0.25, 0.3) is 6.08 Å². The lowest BCUT2D eigenvalue weighted by molar-refractivity contribution is -0.131. The third-order valence-corrected chi connectivity index (χ3v) is 3.49. The Balaban J connectivity index is 2.66. The smallest absolute Gasteiger partial charge is 0.328 e. The molecule has 0 heterocycles. The van der Waals surface area contributed by atoms with Crippen molar-refractivity contribution >= 4 is 23.8 Å². The van der Waals surface area contributed by atoms with E-state index in [0.717, 1.165) is 29.6 Å². The number of rotatable bonds is 9. The monoisotopic (exact) mass is 296 g/mol. The van der Waals surface area contributed by atoms with E-state index in [-0.39, 0.29) is 0 Å². The Morgan fingerprint density at radius 2 is 2.20 bits per heavy atom. The molecule has 0 fully saturated rings. The van der Waals surface area contributed by atoms with Crippen molar-refractivity contribution in [3.05, 3.63) is 29.8 Å². The number of aliphatic carboxylic acids is 1. The fourth-order valence-corrected chi connectivity index (χ4v) is 2.18. The average Bonchev–Trinajstić information content (AvgIpc) is 2.45. The zero-order valence-electron chi connectivity index (χ0n) is 11.8. The van der Waals surface area contributed by atoms with Gasteiger partial charge in [-0.05, 0) is 41.7 Å². The molecule has 0 aliphatic heterocycles. The second kappa shape index (κ2) is 9.31. The molecule has 0 amide bonds. The van der Waals surface area contributed by atoms with E-state index in [2.05, 4.69) is 6.92 Å². The first-order chi connectivity index (χ1) is 9.67. The van der Waals surface area contributed by atoms with Crippen molar-refractivity contribution in [3.63, 3.8) is 0 Å². The maximum atomic E-state index is 10.5. The van der Waals surface area contributed by atoms with Gasteiger partial charge in [-0.3, -0.25) is 0 Å². The first kappa shape index (κ1) is 16.4. The molecule has 0 unspecified atom stereocenters. The summed E-state index contributed by atoms with van der Waals surface area (Å²) in [6, 6.07) is 5.35. The van der Waals surface area contributed by atoms with Crippen molar-refractivity contribution in [2.24, 2.45) is 0 Å². The second-order valence-corrected chi connectivity index (χ2v) is 5.37. The second-order valence-electron chi connectivity index (χ2n) is 3.98. The standard InChI is InChI=1S/C15H20O4S/c1-3-20-10-4-9-19-14-11-12(6-8-15(16)17)5-7-13(14)18-2/h5-8,11H,3-4,9-10H2,1-2H3,(H,16,17)/b8-6+. The first-order valence-corrected chi connectivity index (χ1v) is 7.62. The minimum atomic E-state index is -0.972. The van der Waals surface area contributed by atoms with Crippen LogP contribution < -0.4 is 9.47 Å². The molecule has 4 nitrogen and oxygen atoms in total. The van der Waals surface area contributed by atoms with Crippen molar-refractivity contribution in [2.75, 3.05) is 25.2 Å². The van der Waals surface area contributed by atoms with Crippen molar-refractivity contribution in [3.8, 4) is 11.5 Å². The molecule has 0 radical (unpaired) electrons. The third kappa shape index (κ3) is 6.02. The highest BCUT2D eigenvalue weighted by Gasteiger charge is 2.05. The molecule has 1 aromatic carbocycles. The molecule has 0 saturated carbocycles. The highest BCUT2D eigenvalue weighted by molar-refractivity contribution is 7.99. The van der Waals surface area contributed by atoms with E-state index in [9.17, 15) is 4.79 Å². The van der Waals surface area contributed by atoms with Crippen molar-refractivity contribution in [1.82, 2.24) is 0 Å². The quantitative estimate of drug-likeness (QED) is 0.559. The first-order valence-electron chi connectivity index (χ1n) is 6.47. The molecule has 0 aliphatic rings. The Kier molecular flexibility index (Phi) is 7.65. The number of carboxylic acid groups (broad SMARTS) is 1. The molecule has 5 heteroatoms. The molecule has 1 rings (SSSR count). The normalized spacial score (nSPS) is 10.7. The van der Waals surface area contributed by atoms with Gasteiger partial charge in [-0.1, -0.05) is 13.0 Å². The van der Waals surface area contributed by atoms with Gasteiger partial charge in [-0.15, -0.1) is 0 Å². The lowest BCUT2D eigenvalue weighted by Gasteiger charge is -2.11.